The number of nitrogens with zero attached hydrogens (tertiary/aromatic N) is 2. The highest BCUT2D eigenvalue weighted by Crippen LogP contribution is 2.16. The summed E-state index contributed by atoms with van der Waals surface area (Å²) in [6.45, 7) is 0.311. The van der Waals surface area contributed by atoms with Gasteiger partial charge in [0, 0.05) is 6.20 Å². The Labute approximate surface area is 87.3 Å². The number of rotatable bonds is 2. The number of anilines is 1. The molecule has 0 aliphatic carbocycles. The van der Waals surface area contributed by atoms with Crippen LogP contribution in [-0.4, -0.2) is 41.9 Å². The molecule has 1 aliphatic rings. The number of morpholine rings is 1. The number of aromatic nitrogens is 1. The van der Waals surface area contributed by atoms with E-state index in [2.05, 4.69) is 4.98 Å². The van der Waals surface area contributed by atoms with Crippen molar-refractivity contribution in [3.63, 3.8) is 0 Å². The molecule has 15 heavy (non-hydrogen) atoms. The first-order valence-corrected chi connectivity index (χ1v) is 4.74. The number of aliphatic hydroxyl groups is 1. The lowest BCUT2D eigenvalue weighted by molar-refractivity contribution is -0.130. The van der Waals surface area contributed by atoms with Crippen molar-refractivity contribution in [3.05, 3.63) is 24.5 Å². The van der Waals surface area contributed by atoms with Crippen LogP contribution in [0.15, 0.2) is 24.5 Å². The fourth-order valence-corrected chi connectivity index (χ4v) is 1.50. The smallest absolute Gasteiger partial charge is 0.253 e. The van der Waals surface area contributed by atoms with E-state index >= 15 is 0 Å². The second-order valence-electron chi connectivity index (χ2n) is 3.33. The second-order valence-corrected chi connectivity index (χ2v) is 3.33. The maximum atomic E-state index is 11.5. The molecule has 1 unspecified atom stereocenters. The molecular formula is C10H12N2O3. The summed E-state index contributed by atoms with van der Waals surface area (Å²) in [5, 5.41) is 8.96. The Morgan fingerprint density at radius 3 is 3.20 bits per heavy atom. The molecule has 1 amide bonds. The van der Waals surface area contributed by atoms with E-state index in [4.69, 9.17) is 9.84 Å². The van der Waals surface area contributed by atoms with Crippen LogP contribution in [0.2, 0.25) is 0 Å². The molecule has 1 N–H and O–H groups in total. The van der Waals surface area contributed by atoms with E-state index in [1.807, 2.05) is 6.07 Å². The molecule has 0 aromatic carbocycles. The standard InChI is InChI=1S/C10H12N2O3/c13-6-9-5-12(10(14)7-15-9)8-2-1-3-11-4-8/h1-4,9,13H,5-7H2. The van der Waals surface area contributed by atoms with Crippen molar-refractivity contribution in [1.29, 1.82) is 0 Å². The third-order valence-corrected chi connectivity index (χ3v) is 2.29. The molecule has 5 nitrogen and oxygen atoms in total. The van der Waals surface area contributed by atoms with Crippen LogP contribution in [0, 0.1) is 0 Å². The molecule has 1 fully saturated rings. The van der Waals surface area contributed by atoms with E-state index in [1.54, 1.807) is 23.4 Å². The average Bonchev–Trinajstić information content (AvgIpc) is 2.31. The number of hydrogen-bond donors (Lipinski definition) is 1. The molecule has 0 bridgehead atoms. The predicted octanol–water partition coefficient (Wildman–Crippen LogP) is -0.194. The van der Waals surface area contributed by atoms with Crippen molar-refractivity contribution >= 4 is 11.6 Å². The van der Waals surface area contributed by atoms with Gasteiger partial charge in [-0.15, -0.1) is 0 Å². The molecule has 1 aliphatic heterocycles. The van der Waals surface area contributed by atoms with Gasteiger partial charge in [0.2, 0.25) is 0 Å². The van der Waals surface area contributed by atoms with Crippen LogP contribution >= 0.6 is 0 Å². The molecule has 0 radical (unpaired) electrons. The average molecular weight is 208 g/mol. The Kier molecular flexibility index (Phi) is 2.94. The van der Waals surface area contributed by atoms with E-state index in [1.165, 1.54) is 0 Å². The minimum absolute atomic E-state index is 0.0140. The highest BCUT2D eigenvalue weighted by atomic mass is 16.5. The van der Waals surface area contributed by atoms with Gasteiger partial charge in [-0.05, 0) is 12.1 Å². The zero-order valence-corrected chi connectivity index (χ0v) is 8.17. The van der Waals surface area contributed by atoms with Gasteiger partial charge in [0.05, 0.1) is 31.1 Å². The number of hydrogen-bond acceptors (Lipinski definition) is 4. The van der Waals surface area contributed by atoms with Gasteiger partial charge in [-0.3, -0.25) is 9.78 Å². The predicted molar refractivity (Wildman–Crippen MR) is 53.4 cm³/mol. The first kappa shape index (κ1) is 10.1. The van der Waals surface area contributed by atoms with Gasteiger partial charge >= 0.3 is 0 Å². The quantitative estimate of drug-likeness (QED) is 0.731. The second kappa shape index (κ2) is 4.37. The van der Waals surface area contributed by atoms with Gasteiger partial charge in [-0.1, -0.05) is 0 Å². The maximum Gasteiger partial charge on any atom is 0.253 e. The first-order chi connectivity index (χ1) is 7.31. The number of carbonyl (C=O) groups is 1. The third-order valence-electron chi connectivity index (χ3n) is 2.29. The first-order valence-electron chi connectivity index (χ1n) is 4.74. The number of amides is 1. The summed E-state index contributed by atoms with van der Waals surface area (Å²) in [5.74, 6) is -0.104. The lowest BCUT2D eigenvalue weighted by Crippen LogP contribution is -2.48. The molecule has 0 saturated carbocycles. The van der Waals surface area contributed by atoms with Gasteiger partial charge in [0.1, 0.15) is 6.61 Å². The van der Waals surface area contributed by atoms with E-state index in [9.17, 15) is 4.79 Å². The molecule has 2 heterocycles. The van der Waals surface area contributed by atoms with Crippen LogP contribution in [0.5, 0.6) is 0 Å². The van der Waals surface area contributed by atoms with Crippen LogP contribution in [0.3, 0.4) is 0 Å². The minimum Gasteiger partial charge on any atom is -0.394 e. The molecule has 1 saturated heterocycles. The Bertz CT molecular complexity index is 342. The number of carbonyl (C=O) groups excluding carboxylic acids is 1. The monoisotopic (exact) mass is 208 g/mol. The largest absolute Gasteiger partial charge is 0.394 e. The molecule has 5 heteroatoms. The Balaban J connectivity index is 2.16. The van der Waals surface area contributed by atoms with E-state index < -0.39 is 0 Å². The normalized spacial score (nSPS) is 21.8. The Morgan fingerprint density at radius 2 is 2.53 bits per heavy atom. The molecule has 1 aromatic heterocycles. The summed E-state index contributed by atoms with van der Waals surface area (Å²) in [5.41, 5.74) is 0.740. The number of ether oxygens (including phenoxy) is 1. The van der Waals surface area contributed by atoms with Crippen molar-refractivity contribution in [2.75, 3.05) is 24.7 Å². The molecule has 0 spiro atoms. The van der Waals surface area contributed by atoms with Crippen molar-refractivity contribution in [2.45, 2.75) is 6.10 Å². The summed E-state index contributed by atoms with van der Waals surface area (Å²) in [4.78, 5) is 17.1. The number of pyridine rings is 1. The van der Waals surface area contributed by atoms with Crippen molar-refractivity contribution in [3.8, 4) is 0 Å². The van der Waals surface area contributed by atoms with E-state index in [0.29, 0.717) is 6.54 Å². The van der Waals surface area contributed by atoms with E-state index in [0.717, 1.165) is 5.69 Å². The van der Waals surface area contributed by atoms with Gasteiger partial charge in [0.25, 0.3) is 5.91 Å². The van der Waals surface area contributed by atoms with Gasteiger partial charge < -0.3 is 14.7 Å². The van der Waals surface area contributed by atoms with Crippen LogP contribution < -0.4 is 4.90 Å². The molecule has 1 atom stereocenters. The molecule has 1 aromatic rings. The van der Waals surface area contributed by atoms with Crippen molar-refractivity contribution in [2.24, 2.45) is 0 Å². The maximum absolute atomic E-state index is 11.5. The fraction of sp³-hybridized carbons (Fsp3) is 0.400. The molecular weight excluding hydrogens is 196 g/mol. The van der Waals surface area contributed by atoms with Crippen LogP contribution in [0.1, 0.15) is 0 Å². The van der Waals surface area contributed by atoms with Gasteiger partial charge in [-0.2, -0.15) is 0 Å². The topological polar surface area (TPSA) is 62.7 Å². The Hall–Kier alpha value is -1.46. The fourth-order valence-electron chi connectivity index (χ4n) is 1.50. The highest BCUT2D eigenvalue weighted by molar-refractivity contribution is 5.94. The van der Waals surface area contributed by atoms with Crippen LogP contribution in [-0.2, 0) is 9.53 Å². The zero-order chi connectivity index (χ0) is 10.7. The summed E-state index contributed by atoms with van der Waals surface area (Å²) < 4.78 is 5.13. The van der Waals surface area contributed by atoms with Crippen LogP contribution in [0.4, 0.5) is 5.69 Å². The number of aliphatic hydroxyl groups excluding tert-OH is 1. The van der Waals surface area contributed by atoms with Gasteiger partial charge in [0.15, 0.2) is 0 Å². The Morgan fingerprint density at radius 1 is 1.67 bits per heavy atom. The lowest BCUT2D eigenvalue weighted by atomic mass is 10.2. The molecule has 2 rings (SSSR count). The van der Waals surface area contributed by atoms with Crippen molar-refractivity contribution in [1.82, 2.24) is 4.98 Å². The summed E-state index contributed by atoms with van der Waals surface area (Å²) in [7, 11) is 0. The van der Waals surface area contributed by atoms with Crippen LogP contribution in [0.25, 0.3) is 0 Å². The van der Waals surface area contributed by atoms with Gasteiger partial charge in [-0.25, -0.2) is 0 Å². The van der Waals surface area contributed by atoms with Crippen molar-refractivity contribution < 1.29 is 14.6 Å². The summed E-state index contributed by atoms with van der Waals surface area (Å²) >= 11 is 0. The SMILES string of the molecule is O=C1COC(CO)CN1c1cccnc1. The summed E-state index contributed by atoms with van der Waals surface area (Å²) in [6.07, 6.45) is 2.97. The molecule has 80 valence electrons. The van der Waals surface area contributed by atoms with E-state index in [-0.39, 0.29) is 25.2 Å². The third kappa shape index (κ3) is 2.14. The highest BCUT2D eigenvalue weighted by Gasteiger charge is 2.26. The summed E-state index contributed by atoms with van der Waals surface area (Å²) in [6, 6.07) is 3.58. The minimum atomic E-state index is -0.303. The lowest BCUT2D eigenvalue weighted by Gasteiger charge is -2.31. The zero-order valence-electron chi connectivity index (χ0n) is 8.17.